The molecule has 0 radical (unpaired) electrons. The van der Waals surface area contributed by atoms with Gasteiger partial charge in [-0.25, -0.2) is 4.39 Å². The molecule has 0 aliphatic heterocycles. The van der Waals surface area contributed by atoms with E-state index in [4.69, 9.17) is 4.74 Å². The average Bonchev–Trinajstić information content (AvgIpc) is 2.77. The number of nitrogens with zero attached hydrogens (tertiary/aromatic N) is 2. The van der Waals surface area contributed by atoms with Gasteiger partial charge in [0.2, 0.25) is 0 Å². The summed E-state index contributed by atoms with van der Waals surface area (Å²) >= 11 is 3.33. The van der Waals surface area contributed by atoms with E-state index in [1.807, 2.05) is 26.1 Å². The van der Waals surface area contributed by atoms with Crippen LogP contribution in [0.1, 0.15) is 23.9 Å². The molecule has 5 heteroatoms. The van der Waals surface area contributed by atoms with Gasteiger partial charge in [0.05, 0.1) is 11.4 Å². The van der Waals surface area contributed by atoms with Crippen LogP contribution in [0.4, 0.5) is 4.39 Å². The Hall–Kier alpha value is -1.36. The summed E-state index contributed by atoms with van der Waals surface area (Å²) in [6.07, 6.45) is 0.875. The summed E-state index contributed by atoms with van der Waals surface area (Å²) in [5.41, 5.74) is 2.74. The predicted molar refractivity (Wildman–Crippen MR) is 75.9 cm³/mol. The number of halogens is 2. The van der Waals surface area contributed by atoms with Gasteiger partial charge in [0.25, 0.3) is 0 Å². The highest BCUT2D eigenvalue weighted by Crippen LogP contribution is 2.25. The quantitative estimate of drug-likeness (QED) is 0.785. The summed E-state index contributed by atoms with van der Waals surface area (Å²) in [6, 6.07) is 6.91. The first-order valence-electron chi connectivity index (χ1n) is 6.13. The number of ether oxygens (including phenoxy) is 1. The Bertz CT molecular complexity index is 569. The van der Waals surface area contributed by atoms with Gasteiger partial charge in [-0.05, 0) is 18.6 Å². The second kappa shape index (κ2) is 6.19. The fourth-order valence-electron chi connectivity index (χ4n) is 1.85. The molecule has 0 aliphatic carbocycles. The molecule has 19 heavy (non-hydrogen) atoms. The predicted octanol–water partition coefficient (Wildman–Crippen LogP) is 3.60. The number of benzene rings is 1. The van der Waals surface area contributed by atoms with Crippen molar-refractivity contribution >= 4 is 15.9 Å². The third kappa shape index (κ3) is 3.15. The van der Waals surface area contributed by atoms with Crippen molar-refractivity contribution < 1.29 is 9.13 Å². The summed E-state index contributed by atoms with van der Waals surface area (Å²) in [7, 11) is 1.87. The van der Waals surface area contributed by atoms with E-state index in [1.54, 1.807) is 10.7 Å². The van der Waals surface area contributed by atoms with E-state index in [2.05, 4.69) is 21.0 Å². The molecule has 0 amide bonds. The first-order chi connectivity index (χ1) is 9.15. The molecule has 0 spiro atoms. The van der Waals surface area contributed by atoms with Crippen LogP contribution in [0.3, 0.4) is 0 Å². The van der Waals surface area contributed by atoms with Gasteiger partial charge < -0.3 is 4.74 Å². The van der Waals surface area contributed by atoms with Crippen LogP contribution in [0.5, 0.6) is 5.75 Å². The van der Waals surface area contributed by atoms with Crippen LogP contribution < -0.4 is 4.74 Å². The van der Waals surface area contributed by atoms with Crippen molar-refractivity contribution in [1.82, 2.24) is 9.78 Å². The Morgan fingerprint density at radius 3 is 2.84 bits per heavy atom. The van der Waals surface area contributed by atoms with E-state index in [9.17, 15) is 4.39 Å². The zero-order valence-corrected chi connectivity index (χ0v) is 12.6. The Labute approximate surface area is 120 Å². The topological polar surface area (TPSA) is 27.1 Å². The minimum absolute atomic E-state index is 0.304. The summed E-state index contributed by atoms with van der Waals surface area (Å²) in [5, 5.41) is 4.90. The largest absolute Gasteiger partial charge is 0.484 e. The molecule has 1 aromatic heterocycles. The van der Waals surface area contributed by atoms with Crippen molar-refractivity contribution in [1.29, 1.82) is 0 Å². The monoisotopic (exact) mass is 326 g/mol. The molecule has 0 saturated carbocycles. The molecule has 0 fully saturated rings. The van der Waals surface area contributed by atoms with Gasteiger partial charge in [-0.2, -0.15) is 5.10 Å². The first kappa shape index (κ1) is 14.1. The van der Waals surface area contributed by atoms with Crippen molar-refractivity contribution in [2.45, 2.75) is 25.3 Å². The zero-order chi connectivity index (χ0) is 13.8. The Kier molecular flexibility index (Phi) is 4.58. The Morgan fingerprint density at radius 1 is 1.42 bits per heavy atom. The number of para-hydroxylation sites is 1. The van der Waals surface area contributed by atoms with Gasteiger partial charge >= 0.3 is 0 Å². The molecule has 0 N–H and O–H groups in total. The van der Waals surface area contributed by atoms with Gasteiger partial charge in [-0.1, -0.05) is 35.0 Å². The maximum atomic E-state index is 13.7. The summed E-state index contributed by atoms with van der Waals surface area (Å²) in [4.78, 5) is 0. The number of aryl methyl sites for hydroxylation is 2. The molecule has 0 aliphatic rings. The third-order valence-electron chi connectivity index (χ3n) is 2.95. The molecular weight excluding hydrogens is 311 g/mol. The molecule has 1 heterocycles. The van der Waals surface area contributed by atoms with Crippen LogP contribution in [0, 0.1) is 5.82 Å². The number of rotatable bonds is 5. The van der Waals surface area contributed by atoms with Crippen LogP contribution in [0.2, 0.25) is 0 Å². The lowest BCUT2D eigenvalue weighted by molar-refractivity contribution is 0.278. The van der Waals surface area contributed by atoms with E-state index < -0.39 is 0 Å². The molecule has 0 saturated heterocycles. The number of hydrogen-bond acceptors (Lipinski definition) is 2. The second-order valence-electron chi connectivity index (χ2n) is 4.25. The number of aromatic nitrogens is 2. The molecule has 0 unspecified atom stereocenters. The van der Waals surface area contributed by atoms with Gasteiger partial charge in [0.15, 0.2) is 11.6 Å². The van der Waals surface area contributed by atoms with E-state index in [0.717, 1.165) is 23.4 Å². The van der Waals surface area contributed by atoms with E-state index >= 15 is 0 Å². The van der Waals surface area contributed by atoms with E-state index in [0.29, 0.717) is 17.7 Å². The first-order valence-corrected chi connectivity index (χ1v) is 7.25. The fraction of sp³-hybridized carbons (Fsp3) is 0.357. The minimum Gasteiger partial charge on any atom is -0.484 e. The molecule has 0 atom stereocenters. The minimum atomic E-state index is -0.338. The molecular formula is C14H16BrFN2O. The van der Waals surface area contributed by atoms with Crippen LogP contribution >= 0.6 is 15.9 Å². The van der Waals surface area contributed by atoms with Crippen molar-refractivity contribution in [3.8, 4) is 5.75 Å². The molecule has 102 valence electrons. The van der Waals surface area contributed by atoms with Gasteiger partial charge in [-0.15, -0.1) is 0 Å². The normalized spacial score (nSPS) is 10.7. The maximum absolute atomic E-state index is 13.7. The van der Waals surface area contributed by atoms with Gasteiger partial charge in [0.1, 0.15) is 6.61 Å². The highest BCUT2D eigenvalue weighted by Gasteiger charge is 2.11. The van der Waals surface area contributed by atoms with Crippen LogP contribution in [-0.2, 0) is 25.4 Å². The van der Waals surface area contributed by atoms with Crippen molar-refractivity contribution in [2.24, 2.45) is 7.05 Å². The summed E-state index contributed by atoms with van der Waals surface area (Å²) < 4.78 is 21.1. The highest BCUT2D eigenvalue weighted by atomic mass is 79.9. The fourth-order valence-corrected chi connectivity index (χ4v) is 2.29. The standard InChI is InChI=1S/C14H16BrFN2O/c1-3-11-7-12(18(2)17-11)9-19-14-10(8-15)5-4-6-13(14)16/h4-7H,3,8-9H2,1-2H3. The summed E-state index contributed by atoms with van der Waals surface area (Å²) in [6.45, 7) is 2.36. The smallest absolute Gasteiger partial charge is 0.165 e. The molecule has 0 bridgehead atoms. The highest BCUT2D eigenvalue weighted by molar-refractivity contribution is 9.08. The third-order valence-corrected chi connectivity index (χ3v) is 3.55. The second-order valence-corrected chi connectivity index (χ2v) is 4.82. The van der Waals surface area contributed by atoms with Crippen LogP contribution in [0.15, 0.2) is 24.3 Å². The lowest BCUT2D eigenvalue weighted by Crippen LogP contribution is -2.05. The molecule has 1 aromatic carbocycles. The molecule has 2 rings (SSSR count). The SMILES string of the molecule is CCc1cc(COc2c(F)cccc2CBr)n(C)n1. The number of hydrogen-bond donors (Lipinski definition) is 0. The summed E-state index contributed by atoms with van der Waals surface area (Å²) in [5.74, 6) is -0.0338. The molecule has 2 aromatic rings. The van der Waals surface area contributed by atoms with E-state index in [-0.39, 0.29) is 5.82 Å². The van der Waals surface area contributed by atoms with Gasteiger partial charge in [-0.3, -0.25) is 4.68 Å². The van der Waals surface area contributed by atoms with E-state index in [1.165, 1.54) is 6.07 Å². The van der Waals surface area contributed by atoms with Crippen LogP contribution in [0.25, 0.3) is 0 Å². The zero-order valence-electron chi connectivity index (χ0n) is 11.0. The van der Waals surface area contributed by atoms with Crippen molar-refractivity contribution in [2.75, 3.05) is 0 Å². The Morgan fingerprint density at radius 2 is 2.21 bits per heavy atom. The van der Waals surface area contributed by atoms with Crippen LogP contribution in [-0.4, -0.2) is 9.78 Å². The lowest BCUT2D eigenvalue weighted by atomic mass is 10.2. The van der Waals surface area contributed by atoms with Crippen molar-refractivity contribution in [3.63, 3.8) is 0 Å². The maximum Gasteiger partial charge on any atom is 0.165 e. The number of alkyl halides is 1. The van der Waals surface area contributed by atoms with Crippen molar-refractivity contribution in [3.05, 3.63) is 47.0 Å². The lowest BCUT2D eigenvalue weighted by Gasteiger charge is -2.10. The molecule has 3 nitrogen and oxygen atoms in total. The average molecular weight is 327 g/mol. The van der Waals surface area contributed by atoms with Gasteiger partial charge in [0, 0.05) is 17.9 Å². The Balaban J connectivity index is 2.16.